The van der Waals surface area contributed by atoms with Gasteiger partial charge < -0.3 is 4.74 Å². The van der Waals surface area contributed by atoms with Crippen LogP contribution in [0.5, 0.6) is 5.75 Å². The Morgan fingerprint density at radius 1 is 1.10 bits per heavy atom. The molecule has 1 amide bonds. The van der Waals surface area contributed by atoms with Gasteiger partial charge >= 0.3 is 0 Å². The summed E-state index contributed by atoms with van der Waals surface area (Å²) in [6.07, 6.45) is 4.79. The second-order valence-electron chi connectivity index (χ2n) is 6.91. The molecule has 2 heterocycles. The number of methoxy groups -OCH3 is 1. The van der Waals surface area contributed by atoms with Gasteiger partial charge in [-0.1, -0.05) is 41.7 Å². The number of carbonyl (C=O) groups excluding carboxylic acids is 1. The van der Waals surface area contributed by atoms with Crippen molar-refractivity contribution in [1.82, 2.24) is 9.97 Å². The van der Waals surface area contributed by atoms with Gasteiger partial charge in [0.2, 0.25) is 5.91 Å². The highest BCUT2D eigenvalue weighted by molar-refractivity contribution is 7.99. The van der Waals surface area contributed by atoms with Crippen LogP contribution in [0.25, 0.3) is 10.2 Å². The molecule has 0 saturated heterocycles. The maximum absolute atomic E-state index is 13.2. The second kappa shape index (κ2) is 10.4. The third-order valence-electron chi connectivity index (χ3n) is 4.73. The number of carbonyl (C=O) groups is 1. The maximum atomic E-state index is 13.2. The highest BCUT2D eigenvalue weighted by Crippen LogP contribution is 2.35. The number of ether oxygens (including phenoxy) is 1. The monoisotopic (exact) mass is 449 g/mol. The molecule has 31 heavy (non-hydrogen) atoms. The van der Waals surface area contributed by atoms with Gasteiger partial charge in [-0.3, -0.25) is 14.7 Å². The molecule has 0 spiro atoms. The molecule has 5 nitrogen and oxygen atoms in total. The van der Waals surface area contributed by atoms with Gasteiger partial charge in [-0.05, 0) is 48.1 Å². The van der Waals surface area contributed by atoms with Gasteiger partial charge in [-0.25, -0.2) is 4.98 Å². The molecule has 158 valence electrons. The Bertz CT molecular complexity index is 1130. The summed E-state index contributed by atoms with van der Waals surface area (Å²) in [6, 6.07) is 20.0. The van der Waals surface area contributed by atoms with Crippen LogP contribution in [0.15, 0.2) is 78.0 Å². The predicted molar refractivity (Wildman–Crippen MR) is 128 cm³/mol. The molecular formula is C24H23N3O2S2. The van der Waals surface area contributed by atoms with Crippen molar-refractivity contribution in [3.63, 3.8) is 0 Å². The summed E-state index contributed by atoms with van der Waals surface area (Å²) in [4.78, 5) is 25.2. The van der Waals surface area contributed by atoms with Crippen LogP contribution in [0, 0.1) is 0 Å². The van der Waals surface area contributed by atoms with Crippen molar-refractivity contribution in [3.05, 3.63) is 78.6 Å². The van der Waals surface area contributed by atoms with Crippen molar-refractivity contribution in [3.8, 4) is 5.75 Å². The average molecular weight is 450 g/mol. The lowest BCUT2D eigenvalue weighted by Gasteiger charge is -2.20. The number of pyridine rings is 1. The first-order chi connectivity index (χ1) is 15.2. The Labute approximate surface area is 190 Å². The molecule has 0 N–H and O–H groups in total. The van der Waals surface area contributed by atoms with E-state index >= 15 is 0 Å². The number of thiazole rings is 1. The number of anilines is 1. The zero-order chi connectivity index (χ0) is 21.5. The van der Waals surface area contributed by atoms with Gasteiger partial charge in [-0.15, -0.1) is 11.8 Å². The molecule has 2 aromatic heterocycles. The number of nitrogens with zero attached hydrogens (tertiary/aromatic N) is 3. The molecule has 0 bridgehead atoms. The fourth-order valence-electron chi connectivity index (χ4n) is 3.19. The zero-order valence-electron chi connectivity index (χ0n) is 17.2. The molecule has 0 aliphatic carbocycles. The van der Waals surface area contributed by atoms with Crippen molar-refractivity contribution in [2.45, 2.75) is 24.3 Å². The van der Waals surface area contributed by atoms with Crippen molar-refractivity contribution in [2.75, 3.05) is 17.8 Å². The summed E-state index contributed by atoms with van der Waals surface area (Å²) in [7, 11) is 1.64. The lowest BCUT2D eigenvalue weighted by atomic mass is 10.2. The topological polar surface area (TPSA) is 55.3 Å². The van der Waals surface area contributed by atoms with E-state index in [-0.39, 0.29) is 5.91 Å². The number of para-hydroxylation sites is 1. The summed E-state index contributed by atoms with van der Waals surface area (Å²) < 4.78 is 6.45. The molecule has 0 unspecified atom stereocenters. The third-order valence-corrected chi connectivity index (χ3v) is 6.87. The van der Waals surface area contributed by atoms with Gasteiger partial charge in [0, 0.05) is 23.7 Å². The third kappa shape index (κ3) is 5.42. The van der Waals surface area contributed by atoms with Crippen LogP contribution in [0.1, 0.15) is 18.4 Å². The number of rotatable bonds is 9. The van der Waals surface area contributed by atoms with Crippen LogP contribution >= 0.6 is 23.1 Å². The van der Waals surface area contributed by atoms with Gasteiger partial charge in [0.1, 0.15) is 11.3 Å². The molecule has 7 heteroatoms. The number of amides is 1. The highest BCUT2D eigenvalue weighted by atomic mass is 32.2. The molecule has 2 aromatic carbocycles. The summed E-state index contributed by atoms with van der Waals surface area (Å²) in [5.41, 5.74) is 1.76. The van der Waals surface area contributed by atoms with E-state index in [1.54, 1.807) is 36.2 Å². The van der Waals surface area contributed by atoms with E-state index in [0.717, 1.165) is 28.0 Å². The molecule has 4 aromatic rings. The molecule has 4 rings (SSSR count). The Balaban J connectivity index is 1.50. The minimum atomic E-state index is 0.0653. The van der Waals surface area contributed by atoms with Crippen molar-refractivity contribution in [1.29, 1.82) is 0 Å². The fourth-order valence-corrected chi connectivity index (χ4v) is 5.07. The number of aromatic nitrogens is 2. The van der Waals surface area contributed by atoms with Gasteiger partial charge in [0.15, 0.2) is 5.13 Å². The Kier molecular flexibility index (Phi) is 7.17. The summed E-state index contributed by atoms with van der Waals surface area (Å²) >= 11 is 3.28. The normalized spacial score (nSPS) is 10.9. The molecule has 0 aliphatic rings. The van der Waals surface area contributed by atoms with E-state index in [2.05, 4.69) is 17.1 Å². The van der Waals surface area contributed by atoms with E-state index in [0.29, 0.717) is 23.8 Å². The molecule has 0 radical (unpaired) electrons. The van der Waals surface area contributed by atoms with Crippen molar-refractivity contribution in [2.24, 2.45) is 0 Å². The lowest BCUT2D eigenvalue weighted by Crippen LogP contribution is -2.30. The smallest absolute Gasteiger partial charge is 0.229 e. The molecule has 0 fully saturated rings. The number of fused-ring (bicyclic) bond motifs is 1. The largest absolute Gasteiger partial charge is 0.494 e. The fraction of sp³-hybridized carbons (Fsp3) is 0.208. The number of thioether (sulfide) groups is 1. The van der Waals surface area contributed by atoms with E-state index < -0.39 is 0 Å². The van der Waals surface area contributed by atoms with E-state index in [9.17, 15) is 4.79 Å². The van der Waals surface area contributed by atoms with Crippen molar-refractivity contribution >= 4 is 44.4 Å². The standard InChI is InChI=1S/C24H23N3O2S2/c1-29-20-11-5-12-21-23(20)26-24(31-21)27(17-18-8-6-14-25-16-18)22(28)13-7-15-30-19-9-3-2-4-10-19/h2-6,8-12,14,16H,7,13,15,17H2,1H3. The Hall–Kier alpha value is -2.90. The summed E-state index contributed by atoms with van der Waals surface area (Å²) in [5, 5.41) is 0.684. The van der Waals surface area contributed by atoms with Crippen LogP contribution < -0.4 is 9.64 Å². The second-order valence-corrected chi connectivity index (χ2v) is 9.09. The molecule has 0 aliphatic heterocycles. The Morgan fingerprint density at radius 2 is 1.97 bits per heavy atom. The van der Waals surface area contributed by atoms with Gasteiger partial charge in [-0.2, -0.15) is 0 Å². The average Bonchev–Trinajstić information content (AvgIpc) is 3.25. The van der Waals surface area contributed by atoms with E-state index in [4.69, 9.17) is 9.72 Å². The number of hydrogen-bond acceptors (Lipinski definition) is 6. The van der Waals surface area contributed by atoms with Crippen LogP contribution in [0.2, 0.25) is 0 Å². The lowest BCUT2D eigenvalue weighted by molar-refractivity contribution is -0.118. The summed E-state index contributed by atoms with van der Waals surface area (Å²) in [5.74, 6) is 1.67. The van der Waals surface area contributed by atoms with E-state index in [1.807, 2.05) is 48.5 Å². The quantitative estimate of drug-likeness (QED) is 0.239. The van der Waals surface area contributed by atoms with Crippen molar-refractivity contribution < 1.29 is 9.53 Å². The van der Waals surface area contributed by atoms with E-state index in [1.165, 1.54) is 16.2 Å². The minimum absolute atomic E-state index is 0.0653. The first-order valence-corrected chi connectivity index (χ1v) is 11.9. The highest BCUT2D eigenvalue weighted by Gasteiger charge is 2.21. The van der Waals surface area contributed by atoms with Crippen LogP contribution in [0.4, 0.5) is 5.13 Å². The summed E-state index contributed by atoms with van der Waals surface area (Å²) in [6.45, 7) is 0.445. The van der Waals surface area contributed by atoms with Crippen LogP contribution in [-0.4, -0.2) is 28.7 Å². The Morgan fingerprint density at radius 3 is 2.74 bits per heavy atom. The maximum Gasteiger partial charge on any atom is 0.229 e. The number of benzene rings is 2. The van der Waals surface area contributed by atoms with Crippen LogP contribution in [-0.2, 0) is 11.3 Å². The van der Waals surface area contributed by atoms with Gasteiger partial charge in [0.25, 0.3) is 0 Å². The minimum Gasteiger partial charge on any atom is -0.494 e. The molecular weight excluding hydrogens is 426 g/mol. The SMILES string of the molecule is COc1cccc2sc(N(Cc3cccnc3)C(=O)CCCSc3ccccc3)nc12. The molecule has 0 saturated carbocycles. The molecule has 0 atom stereocenters. The van der Waals surface area contributed by atoms with Gasteiger partial charge in [0.05, 0.1) is 18.4 Å². The number of hydrogen-bond donors (Lipinski definition) is 0. The first-order valence-electron chi connectivity index (χ1n) is 10.1. The zero-order valence-corrected chi connectivity index (χ0v) is 18.9. The predicted octanol–water partition coefficient (Wildman–Crippen LogP) is 5.81. The van der Waals surface area contributed by atoms with Crippen LogP contribution in [0.3, 0.4) is 0 Å². The first kappa shape index (κ1) is 21.3.